The molecular formula is C9H5F5. The zero-order valence-corrected chi connectivity index (χ0v) is 6.83. The maximum absolute atomic E-state index is 13.0. The molecule has 0 unspecified atom stereocenters. The molecule has 5 heteroatoms. The van der Waals surface area contributed by atoms with Gasteiger partial charge in [0.1, 0.15) is 17.2 Å². The highest BCUT2D eigenvalue weighted by molar-refractivity contribution is 5.50. The average Bonchev–Trinajstić information content (AvgIpc) is 2.02. The standard InChI is InChI=1S/C9H5F5/c1-2-5-3-4-6(10)7(8(5)11)9(12,13)14/h2-4H,1H2. The summed E-state index contributed by atoms with van der Waals surface area (Å²) >= 11 is 0. The van der Waals surface area contributed by atoms with Gasteiger partial charge in [-0.2, -0.15) is 13.2 Å². The second kappa shape index (κ2) is 3.40. The van der Waals surface area contributed by atoms with Crippen molar-refractivity contribution >= 4 is 6.08 Å². The molecule has 1 aromatic carbocycles. The molecule has 14 heavy (non-hydrogen) atoms. The molecule has 0 radical (unpaired) electrons. The third-order valence-corrected chi connectivity index (χ3v) is 1.62. The van der Waals surface area contributed by atoms with Crippen molar-refractivity contribution in [1.82, 2.24) is 0 Å². The van der Waals surface area contributed by atoms with Crippen LogP contribution in [0.4, 0.5) is 22.0 Å². The molecule has 0 aliphatic heterocycles. The third kappa shape index (κ3) is 1.76. The minimum atomic E-state index is -5.03. The number of hydrogen-bond acceptors (Lipinski definition) is 0. The fourth-order valence-electron chi connectivity index (χ4n) is 0.986. The third-order valence-electron chi connectivity index (χ3n) is 1.62. The average molecular weight is 208 g/mol. The van der Waals surface area contributed by atoms with Crippen LogP contribution in [0.5, 0.6) is 0 Å². The molecule has 0 saturated carbocycles. The second-order valence-corrected chi connectivity index (χ2v) is 2.53. The maximum atomic E-state index is 13.0. The molecule has 0 heterocycles. The van der Waals surface area contributed by atoms with Crippen LogP contribution in [0.15, 0.2) is 18.7 Å². The molecule has 0 fully saturated rings. The summed E-state index contributed by atoms with van der Waals surface area (Å²) in [6, 6.07) is 1.45. The van der Waals surface area contributed by atoms with Crippen molar-refractivity contribution in [3.63, 3.8) is 0 Å². The summed E-state index contributed by atoms with van der Waals surface area (Å²) in [7, 11) is 0. The molecule has 0 nitrogen and oxygen atoms in total. The Kier molecular flexibility index (Phi) is 2.59. The summed E-state index contributed by atoms with van der Waals surface area (Å²) in [5, 5.41) is 0. The van der Waals surface area contributed by atoms with Crippen LogP contribution in [0.2, 0.25) is 0 Å². The van der Waals surface area contributed by atoms with Crippen LogP contribution < -0.4 is 0 Å². The monoisotopic (exact) mass is 208 g/mol. The number of halogens is 5. The molecule has 0 atom stereocenters. The summed E-state index contributed by atoms with van der Waals surface area (Å²) < 4.78 is 62.0. The Balaban J connectivity index is 3.48. The van der Waals surface area contributed by atoms with E-state index in [1.807, 2.05) is 0 Å². The van der Waals surface area contributed by atoms with Crippen molar-refractivity contribution in [2.75, 3.05) is 0 Å². The largest absolute Gasteiger partial charge is 0.422 e. The lowest BCUT2D eigenvalue weighted by Crippen LogP contribution is -2.12. The smallest absolute Gasteiger partial charge is 0.206 e. The van der Waals surface area contributed by atoms with Gasteiger partial charge in [-0.15, -0.1) is 0 Å². The predicted molar refractivity (Wildman–Crippen MR) is 41.5 cm³/mol. The maximum Gasteiger partial charge on any atom is 0.422 e. The van der Waals surface area contributed by atoms with E-state index in [1.54, 1.807) is 0 Å². The van der Waals surface area contributed by atoms with Crippen molar-refractivity contribution in [3.05, 3.63) is 41.5 Å². The molecule has 76 valence electrons. The fourth-order valence-corrected chi connectivity index (χ4v) is 0.986. The summed E-state index contributed by atoms with van der Waals surface area (Å²) in [6.07, 6.45) is -4.14. The van der Waals surface area contributed by atoms with Crippen molar-refractivity contribution < 1.29 is 22.0 Å². The van der Waals surface area contributed by atoms with Crippen LogP contribution in [-0.4, -0.2) is 0 Å². The Morgan fingerprint density at radius 2 is 1.71 bits per heavy atom. The van der Waals surface area contributed by atoms with Crippen molar-refractivity contribution in [2.24, 2.45) is 0 Å². The van der Waals surface area contributed by atoms with E-state index in [-0.39, 0.29) is 5.56 Å². The van der Waals surface area contributed by atoms with Crippen LogP contribution in [0.25, 0.3) is 6.08 Å². The van der Waals surface area contributed by atoms with E-state index in [4.69, 9.17) is 0 Å². The normalized spacial score (nSPS) is 11.5. The summed E-state index contributed by atoms with van der Waals surface area (Å²) in [6.45, 7) is 3.11. The van der Waals surface area contributed by atoms with Crippen molar-refractivity contribution in [1.29, 1.82) is 0 Å². The van der Waals surface area contributed by atoms with Gasteiger partial charge in [-0.3, -0.25) is 0 Å². The molecule has 0 N–H and O–H groups in total. The highest BCUT2D eigenvalue weighted by atomic mass is 19.4. The van der Waals surface area contributed by atoms with Gasteiger partial charge < -0.3 is 0 Å². The molecule has 1 rings (SSSR count). The van der Waals surface area contributed by atoms with Crippen LogP contribution in [0.3, 0.4) is 0 Å². The van der Waals surface area contributed by atoms with Gasteiger partial charge in [-0.25, -0.2) is 8.78 Å². The Morgan fingerprint density at radius 1 is 1.14 bits per heavy atom. The molecule has 0 aromatic heterocycles. The highest BCUT2D eigenvalue weighted by Crippen LogP contribution is 2.34. The number of hydrogen-bond donors (Lipinski definition) is 0. The molecule has 0 aliphatic carbocycles. The quantitative estimate of drug-likeness (QED) is 0.618. The second-order valence-electron chi connectivity index (χ2n) is 2.53. The van der Waals surface area contributed by atoms with Gasteiger partial charge in [0.25, 0.3) is 0 Å². The molecular weight excluding hydrogens is 203 g/mol. The van der Waals surface area contributed by atoms with Crippen LogP contribution in [0.1, 0.15) is 11.1 Å². The zero-order chi connectivity index (χ0) is 10.9. The van der Waals surface area contributed by atoms with Crippen molar-refractivity contribution in [2.45, 2.75) is 6.18 Å². The van der Waals surface area contributed by atoms with Gasteiger partial charge in [0.05, 0.1) is 0 Å². The zero-order valence-electron chi connectivity index (χ0n) is 6.83. The first-order chi connectivity index (χ1) is 6.38. The van der Waals surface area contributed by atoms with Gasteiger partial charge >= 0.3 is 6.18 Å². The highest BCUT2D eigenvalue weighted by Gasteiger charge is 2.38. The first-order valence-corrected chi connectivity index (χ1v) is 3.55. The first-order valence-electron chi connectivity index (χ1n) is 3.55. The van der Waals surface area contributed by atoms with Gasteiger partial charge in [-0.05, 0) is 12.1 Å². The SMILES string of the molecule is C=Cc1ccc(F)c(C(F)(F)F)c1F. The Hall–Kier alpha value is -1.39. The van der Waals surface area contributed by atoms with E-state index in [9.17, 15) is 22.0 Å². The molecule has 1 aromatic rings. The Bertz CT molecular complexity index is 364. The Morgan fingerprint density at radius 3 is 2.14 bits per heavy atom. The lowest BCUT2D eigenvalue weighted by Gasteiger charge is -2.10. The van der Waals surface area contributed by atoms with E-state index >= 15 is 0 Å². The van der Waals surface area contributed by atoms with E-state index in [0.717, 1.165) is 12.1 Å². The fraction of sp³-hybridized carbons (Fsp3) is 0.111. The molecule has 0 amide bonds. The van der Waals surface area contributed by atoms with Gasteiger partial charge in [-0.1, -0.05) is 12.7 Å². The van der Waals surface area contributed by atoms with Crippen molar-refractivity contribution in [3.8, 4) is 0 Å². The summed E-state index contributed by atoms with van der Waals surface area (Å²) in [4.78, 5) is 0. The van der Waals surface area contributed by atoms with E-state index in [2.05, 4.69) is 6.58 Å². The minimum Gasteiger partial charge on any atom is -0.206 e. The summed E-state index contributed by atoms with van der Waals surface area (Å²) in [5.74, 6) is -3.26. The lowest BCUT2D eigenvalue weighted by atomic mass is 10.1. The van der Waals surface area contributed by atoms with E-state index < -0.39 is 23.4 Å². The molecule has 0 aliphatic rings. The molecule has 0 saturated heterocycles. The number of rotatable bonds is 1. The minimum absolute atomic E-state index is 0.376. The van der Waals surface area contributed by atoms with Crippen LogP contribution >= 0.6 is 0 Å². The predicted octanol–water partition coefficient (Wildman–Crippen LogP) is 3.63. The van der Waals surface area contributed by atoms with Gasteiger partial charge in [0.15, 0.2) is 0 Å². The number of alkyl halides is 3. The summed E-state index contributed by atoms with van der Waals surface area (Å²) in [5.41, 5.74) is -2.26. The topological polar surface area (TPSA) is 0 Å². The lowest BCUT2D eigenvalue weighted by molar-refractivity contribution is -0.142. The number of benzene rings is 1. The van der Waals surface area contributed by atoms with E-state index in [1.165, 1.54) is 0 Å². The van der Waals surface area contributed by atoms with Gasteiger partial charge in [0, 0.05) is 5.56 Å². The molecule has 0 bridgehead atoms. The van der Waals surface area contributed by atoms with Crippen LogP contribution in [-0.2, 0) is 6.18 Å². The van der Waals surface area contributed by atoms with Gasteiger partial charge in [0.2, 0.25) is 0 Å². The first kappa shape index (κ1) is 10.7. The molecule has 0 spiro atoms. The van der Waals surface area contributed by atoms with Crippen LogP contribution in [0, 0.1) is 11.6 Å². The Labute approximate surface area is 76.7 Å². The van der Waals surface area contributed by atoms with E-state index in [0.29, 0.717) is 6.07 Å².